The smallest absolute Gasteiger partial charge is 0.150 e. The summed E-state index contributed by atoms with van der Waals surface area (Å²) in [6.45, 7) is 7.34. The van der Waals surface area contributed by atoms with E-state index in [-0.39, 0.29) is 6.61 Å². The van der Waals surface area contributed by atoms with E-state index in [2.05, 4.69) is 4.89 Å². The molecule has 0 heterocycles. The number of carbonyl (C=O) groups is 1. The summed E-state index contributed by atoms with van der Waals surface area (Å²) in [6.07, 6.45) is 3.33. The molecule has 29 heavy (non-hydrogen) atoms. The van der Waals surface area contributed by atoms with Gasteiger partial charge in [0.25, 0.3) is 0 Å². The first-order valence-electron chi connectivity index (χ1n) is 10.1. The standard InChI is InChI=1S/C19H30O7.C2H7N/c20-17-19-5-1-4-18(16-19)6-2-7-22-10-12-24-14-15-25-13-11-23-8-3-9-26-21;1-2-3/h1,4-5,16-17,21H,2-3,6-15H2;2-3H2,1H3. The van der Waals surface area contributed by atoms with Crippen LogP contribution in [0.1, 0.15) is 35.7 Å². The number of rotatable bonds is 18. The average molecular weight is 416 g/mol. The first-order valence-corrected chi connectivity index (χ1v) is 10.1. The quantitative estimate of drug-likeness (QED) is 0.163. The summed E-state index contributed by atoms with van der Waals surface area (Å²) >= 11 is 0. The van der Waals surface area contributed by atoms with Crippen molar-refractivity contribution in [2.75, 3.05) is 66.0 Å². The minimum atomic E-state index is 0.282. The lowest BCUT2D eigenvalue weighted by Gasteiger charge is -2.07. The second-order valence-electron chi connectivity index (χ2n) is 6.01. The maximum atomic E-state index is 10.7. The molecule has 0 radical (unpaired) electrons. The Bertz CT molecular complexity index is 474. The lowest BCUT2D eigenvalue weighted by Crippen LogP contribution is -2.12. The molecule has 0 spiro atoms. The number of ether oxygens (including phenoxy) is 4. The highest BCUT2D eigenvalue weighted by atomic mass is 17.1. The predicted octanol–water partition coefficient (Wildman–Crippen LogP) is 2.34. The highest BCUT2D eigenvalue weighted by molar-refractivity contribution is 5.74. The molecule has 8 heteroatoms. The van der Waals surface area contributed by atoms with Gasteiger partial charge in [0.1, 0.15) is 6.29 Å². The first-order chi connectivity index (χ1) is 14.3. The van der Waals surface area contributed by atoms with Gasteiger partial charge in [0.2, 0.25) is 0 Å². The molecule has 8 nitrogen and oxygen atoms in total. The molecule has 3 N–H and O–H groups in total. The lowest BCUT2D eigenvalue weighted by molar-refractivity contribution is -0.244. The van der Waals surface area contributed by atoms with Crippen LogP contribution >= 0.6 is 0 Å². The number of aryl methyl sites for hydroxylation is 1. The van der Waals surface area contributed by atoms with Crippen LogP contribution in [-0.4, -0.2) is 77.6 Å². The highest BCUT2D eigenvalue weighted by Crippen LogP contribution is 2.06. The van der Waals surface area contributed by atoms with Crippen LogP contribution in [0.5, 0.6) is 0 Å². The van der Waals surface area contributed by atoms with Gasteiger partial charge in [-0.3, -0.25) is 10.1 Å². The zero-order valence-electron chi connectivity index (χ0n) is 17.6. The Morgan fingerprint density at radius 3 is 1.90 bits per heavy atom. The summed E-state index contributed by atoms with van der Waals surface area (Å²) in [5.74, 6) is 0. The highest BCUT2D eigenvalue weighted by Gasteiger charge is 1.97. The third-order valence-corrected chi connectivity index (χ3v) is 3.48. The van der Waals surface area contributed by atoms with Crippen molar-refractivity contribution in [2.24, 2.45) is 5.73 Å². The number of benzene rings is 1. The van der Waals surface area contributed by atoms with E-state index in [4.69, 9.17) is 29.9 Å². The molecule has 1 aromatic carbocycles. The third kappa shape index (κ3) is 19.7. The van der Waals surface area contributed by atoms with Crippen LogP contribution in [0.25, 0.3) is 0 Å². The van der Waals surface area contributed by atoms with Crippen molar-refractivity contribution in [3.63, 3.8) is 0 Å². The van der Waals surface area contributed by atoms with Crippen LogP contribution in [-0.2, 0) is 30.3 Å². The second-order valence-corrected chi connectivity index (χ2v) is 6.01. The van der Waals surface area contributed by atoms with Crippen LogP contribution in [0.4, 0.5) is 0 Å². The molecule has 0 aromatic heterocycles. The van der Waals surface area contributed by atoms with E-state index in [1.54, 1.807) is 6.07 Å². The summed E-state index contributed by atoms with van der Waals surface area (Å²) in [4.78, 5) is 14.7. The van der Waals surface area contributed by atoms with Gasteiger partial charge in [-0.25, -0.2) is 4.89 Å². The number of hydrogen-bond donors (Lipinski definition) is 2. The van der Waals surface area contributed by atoms with Gasteiger partial charge < -0.3 is 24.7 Å². The SMILES string of the molecule is CCN.O=Cc1cccc(CCCOCCOCCOCCOCCCOO)c1. The number of hydrogen-bond acceptors (Lipinski definition) is 8. The molecule has 0 fully saturated rings. The Labute approximate surface area is 174 Å². The van der Waals surface area contributed by atoms with E-state index >= 15 is 0 Å². The summed E-state index contributed by atoms with van der Waals surface area (Å²) in [5, 5.41) is 8.12. The molecule has 0 saturated heterocycles. The molecule has 168 valence electrons. The molecule has 0 aliphatic rings. The third-order valence-electron chi connectivity index (χ3n) is 3.48. The van der Waals surface area contributed by atoms with Crippen molar-refractivity contribution in [3.05, 3.63) is 35.4 Å². The molecule has 0 aliphatic carbocycles. The van der Waals surface area contributed by atoms with E-state index in [1.807, 2.05) is 25.1 Å². The van der Waals surface area contributed by atoms with Crippen LogP contribution in [0.3, 0.4) is 0 Å². The van der Waals surface area contributed by atoms with Gasteiger partial charge >= 0.3 is 0 Å². The van der Waals surface area contributed by atoms with E-state index in [9.17, 15) is 4.79 Å². The maximum Gasteiger partial charge on any atom is 0.150 e. The lowest BCUT2D eigenvalue weighted by atomic mass is 10.1. The van der Waals surface area contributed by atoms with Crippen LogP contribution < -0.4 is 5.73 Å². The zero-order valence-corrected chi connectivity index (χ0v) is 17.6. The van der Waals surface area contributed by atoms with Crippen molar-refractivity contribution in [3.8, 4) is 0 Å². The Kier molecular flexibility index (Phi) is 21.8. The van der Waals surface area contributed by atoms with Crippen LogP contribution in [0.2, 0.25) is 0 Å². The summed E-state index contributed by atoms with van der Waals surface area (Å²) in [7, 11) is 0. The van der Waals surface area contributed by atoms with Crippen molar-refractivity contribution >= 4 is 6.29 Å². The van der Waals surface area contributed by atoms with Crippen LogP contribution in [0, 0.1) is 0 Å². The Morgan fingerprint density at radius 2 is 1.38 bits per heavy atom. The van der Waals surface area contributed by atoms with E-state index in [1.165, 1.54) is 0 Å². The molecule has 0 unspecified atom stereocenters. The minimum absolute atomic E-state index is 0.282. The second kappa shape index (κ2) is 22.9. The number of nitrogens with two attached hydrogens (primary N) is 1. The zero-order chi connectivity index (χ0) is 21.4. The number of aldehydes is 1. The van der Waals surface area contributed by atoms with E-state index in [0.717, 1.165) is 31.2 Å². The molecule has 0 aliphatic heterocycles. The fourth-order valence-corrected chi connectivity index (χ4v) is 2.19. The van der Waals surface area contributed by atoms with Crippen molar-refractivity contribution in [1.82, 2.24) is 0 Å². The molecule has 1 rings (SSSR count). The van der Waals surface area contributed by atoms with E-state index < -0.39 is 0 Å². The van der Waals surface area contributed by atoms with Gasteiger partial charge in [-0.05, 0) is 37.4 Å². The first kappa shape index (κ1) is 27.6. The molecule has 0 amide bonds. The van der Waals surface area contributed by atoms with Gasteiger partial charge in [0, 0.05) is 18.8 Å². The summed E-state index contributed by atoms with van der Waals surface area (Å²) < 4.78 is 21.6. The molecular weight excluding hydrogens is 378 g/mol. The topological polar surface area (TPSA) is 109 Å². The van der Waals surface area contributed by atoms with Crippen molar-refractivity contribution in [2.45, 2.75) is 26.2 Å². The van der Waals surface area contributed by atoms with Gasteiger partial charge in [0.15, 0.2) is 0 Å². The van der Waals surface area contributed by atoms with Crippen molar-refractivity contribution < 1.29 is 33.9 Å². The molecule has 0 saturated carbocycles. The Morgan fingerprint density at radius 1 is 0.862 bits per heavy atom. The normalized spacial score (nSPS) is 10.4. The summed E-state index contributed by atoms with van der Waals surface area (Å²) in [5.41, 5.74) is 6.71. The van der Waals surface area contributed by atoms with E-state index in [0.29, 0.717) is 64.8 Å². The molecule has 0 atom stereocenters. The molecule has 1 aromatic rings. The Balaban J connectivity index is 0.00000245. The largest absolute Gasteiger partial charge is 0.379 e. The molecule has 0 bridgehead atoms. The monoisotopic (exact) mass is 415 g/mol. The van der Waals surface area contributed by atoms with Gasteiger partial charge in [-0.2, -0.15) is 0 Å². The van der Waals surface area contributed by atoms with Crippen molar-refractivity contribution in [1.29, 1.82) is 0 Å². The van der Waals surface area contributed by atoms with Gasteiger partial charge in [-0.1, -0.05) is 25.1 Å². The van der Waals surface area contributed by atoms with Crippen LogP contribution in [0.15, 0.2) is 24.3 Å². The number of carbonyl (C=O) groups excluding carboxylic acids is 1. The molecular formula is C21H37NO7. The van der Waals surface area contributed by atoms with Gasteiger partial charge in [0.05, 0.1) is 46.2 Å². The fraction of sp³-hybridized carbons (Fsp3) is 0.667. The van der Waals surface area contributed by atoms with Gasteiger partial charge in [-0.15, -0.1) is 0 Å². The summed E-state index contributed by atoms with van der Waals surface area (Å²) in [6, 6.07) is 7.62. The Hall–Kier alpha value is -1.39. The maximum absolute atomic E-state index is 10.7. The fourth-order valence-electron chi connectivity index (χ4n) is 2.19. The predicted molar refractivity (Wildman–Crippen MR) is 111 cm³/mol. The minimum Gasteiger partial charge on any atom is -0.379 e. The average Bonchev–Trinajstić information content (AvgIpc) is 2.74.